The third-order valence-corrected chi connectivity index (χ3v) is 4.88. The number of nitrogens with zero attached hydrogens (tertiary/aromatic N) is 4. The van der Waals surface area contributed by atoms with Crippen molar-refractivity contribution in [3.8, 4) is 0 Å². The Morgan fingerprint density at radius 1 is 1.12 bits per heavy atom. The summed E-state index contributed by atoms with van der Waals surface area (Å²) in [6.45, 7) is 3.65. The number of amides is 1. The molecule has 1 amide bonds. The number of aromatic nitrogens is 3. The largest absolute Gasteiger partial charge is 0.381 e. The summed E-state index contributed by atoms with van der Waals surface area (Å²) in [5, 5.41) is 4.41. The first-order chi connectivity index (χ1) is 12.3. The molecule has 0 aromatic carbocycles. The molecule has 1 aliphatic heterocycles. The summed E-state index contributed by atoms with van der Waals surface area (Å²) in [7, 11) is 0. The molecule has 132 valence electrons. The summed E-state index contributed by atoms with van der Waals surface area (Å²) >= 11 is 0. The first kappa shape index (κ1) is 16.3. The second kappa shape index (κ2) is 7.35. The Morgan fingerprint density at radius 2 is 2.00 bits per heavy atom. The Kier molecular flexibility index (Phi) is 4.78. The molecule has 0 spiro atoms. The predicted molar refractivity (Wildman–Crippen MR) is 92.6 cm³/mol. The number of pyridine rings is 1. The van der Waals surface area contributed by atoms with Crippen molar-refractivity contribution in [2.45, 2.75) is 32.4 Å². The van der Waals surface area contributed by atoms with E-state index in [4.69, 9.17) is 4.74 Å². The molecule has 2 aromatic heterocycles. The van der Waals surface area contributed by atoms with Gasteiger partial charge in [-0.15, -0.1) is 0 Å². The number of carbonyl (C=O) groups is 1. The van der Waals surface area contributed by atoms with E-state index < -0.39 is 0 Å². The van der Waals surface area contributed by atoms with Crippen molar-refractivity contribution >= 4 is 5.91 Å². The maximum atomic E-state index is 12.8. The van der Waals surface area contributed by atoms with Gasteiger partial charge in [0.05, 0.1) is 25.3 Å². The molecule has 0 radical (unpaired) electrons. The van der Waals surface area contributed by atoms with Crippen LogP contribution in [0.3, 0.4) is 0 Å². The van der Waals surface area contributed by atoms with E-state index in [0.29, 0.717) is 26.1 Å². The normalized spacial score (nSPS) is 20.2. The van der Waals surface area contributed by atoms with Gasteiger partial charge in [-0.25, -0.2) is 0 Å². The van der Waals surface area contributed by atoms with Gasteiger partial charge in [0.15, 0.2) is 0 Å². The number of hydrogen-bond donors (Lipinski definition) is 0. The molecule has 0 bridgehead atoms. The smallest absolute Gasteiger partial charge is 0.228 e. The van der Waals surface area contributed by atoms with Crippen molar-refractivity contribution in [2.75, 3.05) is 19.8 Å². The van der Waals surface area contributed by atoms with Gasteiger partial charge in [0, 0.05) is 43.7 Å². The van der Waals surface area contributed by atoms with Crippen LogP contribution in [-0.4, -0.2) is 45.3 Å². The monoisotopic (exact) mass is 340 g/mol. The molecule has 0 saturated heterocycles. The van der Waals surface area contributed by atoms with Crippen LogP contribution in [-0.2, 0) is 29.0 Å². The van der Waals surface area contributed by atoms with Crippen LogP contribution in [0.1, 0.15) is 24.2 Å². The van der Waals surface area contributed by atoms with E-state index in [9.17, 15) is 4.79 Å². The Morgan fingerprint density at radius 3 is 2.80 bits per heavy atom. The standard InChI is InChI=1S/C19H24N4O2/c24-19(9-17-3-1-2-7-20-17)22-10-16(14-25-13-15-4-5-15)11-23-18(12-22)6-8-21-23/h1-3,6-8,15-16H,4-5,9-14H2. The minimum absolute atomic E-state index is 0.112. The fourth-order valence-corrected chi connectivity index (χ4v) is 3.28. The van der Waals surface area contributed by atoms with E-state index >= 15 is 0 Å². The molecular weight excluding hydrogens is 316 g/mol. The zero-order chi connectivity index (χ0) is 17.1. The van der Waals surface area contributed by atoms with Crippen molar-refractivity contribution in [3.63, 3.8) is 0 Å². The Labute approximate surface area is 147 Å². The zero-order valence-corrected chi connectivity index (χ0v) is 14.4. The van der Waals surface area contributed by atoms with Crippen molar-refractivity contribution in [1.82, 2.24) is 19.7 Å². The minimum atomic E-state index is 0.112. The van der Waals surface area contributed by atoms with Gasteiger partial charge in [-0.1, -0.05) is 6.07 Å². The SMILES string of the molecule is O=C(Cc1ccccn1)N1Cc2ccnn2CC(COCC2CC2)C1. The fourth-order valence-electron chi connectivity index (χ4n) is 3.28. The number of ether oxygens (including phenoxy) is 1. The minimum Gasteiger partial charge on any atom is -0.381 e. The van der Waals surface area contributed by atoms with Crippen molar-refractivity contribution in [2.24, 2.45) is 11.8 Å². The number of rotatable bonds is 6. The van der Waals surface area contributed by atoms with Crippen molar-refractivity contribution < 1.29 is 9.53 Å². The fraction of sp³-hybridized carbons (Fsp3) is 0.526. The van der Waals surface area contributed by atoms with Crippen LogP contribution in [0.2, 0.25) is 0 Å². The lowest BCUT2D eigenvalue weighted by Gasteiger charge is -2.24. The summed E-state index contributed by atoms with van der Waals surface area (Å²) in [6.07, 6.45) is 6.47. The molecule has 1 unspecified atom stereocenters. The molecule has 3 heterocycles. The molecule has 4 rings (SSSR count). The molecular formula is C19H24N4O2. The highest BCUT2D eigenvalue weighted by molar-refractivity contribution is 5.78. The van der Waals surface area contributed by atoms with Crippen LogP contribution in [0.5, 0.6) is 0 Å². The van der Waals surface area contributed by atoms with E-state index in [2.05, 4.69) is 10.1 Å². The van der Waals surface area contributed by atoms with Crippen LogP contribution < -0.4 is 0 Å². The Balaban J connectivity index is 1.43. The van der Waals surface area contributed by atoms with Crippen molar-refractivity contribution in [3.05, 3.63) is 48.0 Å². The van der Waals surface area contributed by atoms with E-state index in [1.807, 2.05) is 40.0 Å². The second-order valence-electron chi connectivity index (χ2n) is 7.12. The molecule has 2 aliphatic rings. The maximum absolute atomic E-state index is 12.8. The molecule has 1 aliphatic carbocycles. The highest BCUT2D eigenvalue weighted by Gasteiger charge is 2.27. The molecule has 1 fully saturated rings. The summed E-state index contributed by atoms with van der Waals surface area (Å²) in [5.41, 5.74) is 1.89. The first-order valence-electron chi connectivity index (χ1n) is 9.04. The number of hydrogen-bond acceptors (Lipinski definition) is 4. The van der Waals surface area contributed by atoms with Gasteiger partial charge in [-0.2, -0.15) is 5.10 Å². The first-order valence-corrected chi connectivity index (χ1v) is 9.04. The summed E-state index contributed by atoms with van der Waals surface area (Å²) in [5.74, 6) is 1.14. The van der Waals surface area contributed by atoms with Crippen LogP contribution in [0.15, 0.2) is 36.7 Å². The van der Waals surface area contributed by atoms with Gasteiger partial charge in [0.1, 0.15) is 0 Å². The Bertz CT molecular complexity index is 711. The van der Waals surface area contributed by atoms with Crippen LogP contribution in [0.25, 0.3) is 0 Å². The third kappa shape index (κ3) is 4.25. The van der Waals surface area contributed by atoms with Gasteiger partial charge >= 0.3 is 0 Å². The van der Waals surface area contributed by atoms with E-state index in [-0.39, 0.29) is 11.8 Å². The summed E-state index contributed by atoms with van der Waals surface area (Å²) in [6, 6.07) is 7.68. The lowest BCUT2D eigenvalue weighted by atomic mass is 10.1. The van der Waals surface area contributed by atoms with Gasteiger partial charge < -0.3 is 9.64 Å². The van der Waals surface area contributed by atoms with Gasteiger partial charge in [-0.3, -0.25) is 14.5 Å². The Hall–Kier alpha value is -2.21. The number of fused-ring (bicyclic) bond motifs is 1. The molecule has 6 heteroatoms. The summed E-state index contributed by atoms with van der Waals surface area (Å²) in [4.78, 5) is 19.0. The van der Waals surface area contributed by atoms with E-state index in [1.54, 1.807) is 6.20 Å². The average molecular weight is 340 g/mol. The zero-order valence-electron chi connectivity index (χ0n) is 14.4. The molecule has 6 nitrogen and oxygen atoms in total. The number of carbonyl (C=O) groups excluding carboxylic acids is 1. The predicted octanol–water partition coefficient (Wildman–Crippen LogP) is 1.91. The summed E-state index contributed by atoms with van der Waals surface area (Å²) < 4.78 is 7.91. The lowest BCUT2D eigenvalue weighted by molar-refractivity contribution is -0.132. The van der Waals surface area contributed by atoms with Crippen molar-refractivity contribution in [1.29, 1.82) is 0 Å². The lowest BCUT2D eigenvalue weighted by Crippen LogP contribution is -2.36. The van der Waals surface area contributed by atoms with E-state index in [0.717, 1.165) is 30.5 Å². The molecule has 2 aromatic rings. The second-order valence-corrected chi connectivity index (χ2v) is 7.12. The maximum Gasteiger partial charge on any atom is 0.228 e. The molecule has 1 atom stereocenters. The quantitative estimate of drug-likeness (QED) is 0.806. The average Bonchev–Trinajstić information content (AvgIpc) is 3.38. The van der Waals surface area contributed by atoms with E-state index in [1.165, 1.54) is 12.8 Å². The van der Waals surface area contributed by atoms with Gasteiger partial charge in [0.25, 0.3) is 0 Å². The molecule has 0 N–H and O–H groups in total. The van der Waals surface area contributed by atoms with Crippen LogP contribution in [0.4, 0.5) is 0 Å². The third-order valence-electron chi connectivity index (χ3n) is 4.88. The topological polar surface area (TPSA) is 60.2 Å². The molecule has 25 heavy (non-hydrogen) atoms. The van der Waals surface area contributed by atoms with Gasteiger partial charge in [0.2, 0.25) is 5.91 Å². The highest BCUT2D eigenvalue weighted by Crippen LogP contribution is 2.29. The highest BCUT2D eigenvalue weighted by atomic mass is 16.5. The van der Waals surface area contributed by atoms with Gasteiger partial charge in [-0.05, 0) is 37.0 Å². The molecule has 1 saturated carbocycles. The van der Waals surface area contributed by atoms with Crippen LogP contribution >= 0.6 is 0 Å². The van der Waals surface area contributed by atoms with Crippen LogP contribution in [0, 0.1) is 11.8 Å².